The summed E-state index contributed by atoms with van der Waals surface area (Å²) >= 11 is 0. The molecular weight excluding hydrogens is 322 g/mol. The van der Waals surface area contributed by atoms with Gasteiger partial charge in [-0.15, -0.1) is 0 Å². The van der Waals surface area contributed by atoms with Crippen LogP contribution in [0.25, 0.3) is 0 Å². The monoisotopic (exact) mass is 345 g/mol. The molecule has 0 radical (unpaired) electrons. The number of anilines is 3. The summed E-state index contributed by atoms with van der Waals surface area (Å²) < 4.78 is 0. The standard InChI is InChI=1S/C22H23N3O/c1-4-25(18-11-6-5-7-12-18)19-13-14-20(23-15-19)22(26)24-21-16(2)9-8-10-17(21)3/h5-15H,4H2,1-3H3,(H,24,26). The van der Waals surface area contributed by atoms with Crippen molar-refractivity contribution >= 4 is 23.0 Å². The van der Waals surface area contributed by atoms with Crippen molar-refractivity contribution in [3.05, 3.63) is 83.7 Å². The van der Waals surface area contributed by atoms with E-state index in [4.69, 9.17) is 0 Å². The molecular formula is C22H23N3O. The van der Waals surface area contributed by atoms with E-state index in [2.05, 4.69) is 34.3 Å². The van der Waals surface area contributed by atoms with E-state index >= 15 is 0 Å². The van der Waals surface area contributed by atoms with Gasteiger partial charge in [-0.25, -0.2) is 4.98 Å². The molecule has 1 aromatic heterocycles. The normalized spacial score (nSPS) is 10.4. The van der Waals surface area contributed by atoms with Crippen LogP contribution in [0.1, 0.15) is 28.5 Å². The predicted molar refractivity (Wildman–Crippen MR) is 107 cm³/mol. The molecule has 0 saturated carbocycles. The van der Waals surface area contributed by atoms with Gasteiger partial charge in [0.15, 0.2) is 0 Å². The number of carbonyl (C=O) groups is 1. The lowest BCUT2D eigenvalue weighted by Gasteiger charge is -2.23. The Morgan fingerprint density at radius 1 is 0.923 bits per heavy atom. The third kappa shape index (κ3) is 3.75. The van der Waals surface area contributed by atoms with Gasteiger partial charge in [0.1, 0.15) is 5.69 Å². The van der Waals surface area contributed by atoms with Crippen LogP contribution in [0.4, 0.5) is 17.1 Å². The van der Waals surface area contributed by atoms with Crippen molar-refractivity contribution in [2.75, 3.05) is 16.8 Å². The zero-order valence-corrected chi connectivity index (χ0v) is 15.4. The van der Waals surface area contributed by atoms with Gasteiger partial charge in [0, 0.05) is 17.9 Å². The summed E-state index contributed by atoms with van der Waals surface area (Å²) in [7, 11) is 0. The Morgan fingerprint density at radius 2 is 1.62 bits per heavy atom. The first-order chi connectivity index (χ1) is 12.6. The first kappa shape index (κ1) is 17.7. The maximum atomic E-state index is 12.6. The van der Waals surface area contributed by atoms with Crippen LogP contribution < -0.4 is 10.2 Å². The van der Waals surface area contributed by atoms with Gasteiger partial charge in [0.2, 0.25) is 0 Å². The van der Waals surface area contributed by atoms with Crippen LogP contribution in [-0.2, 0) is 0 Å². The summed E-state index contributed by atoms with van der Waals surface area (Å²) in [5, 5.41) is 2.97. The lowest BCUT2D eigenvalue weighted by Crippen LogP contribution is -2.18. The number of pyridine rings is 1. The second kappa shape index (κ2) is 7.83. The van der Waals surface area contributed by atoms with E-state index in [9.17, 15) is 4.79 Å². The Morgan fingerprint density at radius 3 is 2.19 bits per heavy atom. The minimum Gasteiger partial charge on any atom is -0.341 e. The molecule has 26 heavy (non-hydrogen) atoms. The third-order valence-corrected chi connectivity index (χ3v) is 4.40. The van der Waals surface area contributed by atoms with Crippen molar-refractivity contribution in [3.8, 4) is 0 Å². The van der Waals surface area contributed by atoms with Gasteiger partial charge < -0.3 is 10.2 Å². The number of hydrogen-bond acceptors (Lipinski definition) is 3. The van der Waals surface area contributed by atoms with Crippen molar-refractivity contribution in [1.29, 1.82) is 0 Å². The number of aromatic nitrogens is 1. The first-order valence-corrected chi connectivity index (χ1v) is 8.76. The maximum absolute atomic E-state index is 12.6. The van der Waals surface area contributed by atoms with E-state index in [-0.39, 0.29) is 5.91 Å². The summed E-state index contributed by atoms with van der Waals surface area (Å²) in [6.07, 6.45) is 1.75. The maximum Gasteiger partial charge on any atom is 0.274 e. The zero-order valence-electron chi connectivity index (χ0n) is 15.4. The van der Waals surface area contributed by atoms with Crippen LogP contribution in [0.2, 0.25) is 0 Å². The summed E-state index contributed by atoms with van der Waals surface area (Å²) in [6, 6.07) is 19.8. The van der Waals surface area contributed by atoms with E-state index in [0.29, 0.717) is 5.69 Å². The molecule has 0 aliphatic rings. The van der Waals surface area contributed by atoms with Gasteiger partial charge in [0.25, 0.3) is 5.91 Å². The van der Waals surface area contributed by atoms with Gasteiger partial charge in [-0.3, -0.25) is 4.79 Å². The quantitative estimate of drug-likeness (QED) is 0.699. The Balaban J connectivity index is 1.80. The Labute approximate surface area is 154 Å². The number of hydrogen-bond donors (Lipinski definition) is 1. The molecule has 4 heteroatoms. The highest BCUT2D eigenvalue weighted by atomic mass is 16.1. The van der Waals surface area contributed by atoms with E-state index in [1.165, 1.54) is 0 Å². The molecule has 0 fully saturated rings. The predicted octanol–water partition coefficient (Wildman–Crippen LogP) is 5.11. The molecule has 0 unspecified atom stereocenters. The largest absolute Gasteiger partial charge is 0.341 e. The van der Waals surface area contributed by atoms with Crippen LogP contribution in [0.5, 0.6) is 0 Å². The van der Waals surface area contributed by atoms with Crippen molar-refractivity contribution in [1.82, 2.24) is 4.98 Å². The minimum atomic E-state index is -0.197. The van der Waals surface area contributed by atoms with Gasteiger partial charge in [-0.2, -0.15) is 0 Å². The number of para-hydroxylation sites is 2. The molecule has 4 nitrogen and oxygen atoms in total. The van der Waals surface area contributed by atoms with Gasteiger partial charge in [0.05, 0.1) is 11.9 Å². The van der Waals surface area contributed by atoms with E-state index in [1.807, 2.05) is 56.3 Å². The summed E-state index contributed by atoms with van der Waals surface area (Å²) in [6.45, 7) is 6.88. The fourth-order valence-corrected chi connectivity index (χ4v) is 2.99. The molecule has 0 saturated heterocycles. The first-order valence-electron chi connectivity index (χ1n) is 8.76. The van der Waals surface area contributed by atoms with E-state index in [0.717, 1.165) is 34.7 Å². The molecule has 2 aromatic carbocycles. The molecule has 3 rings (SSSR count). The molecule has 0 bridgehead atoms. The van der Waals surface area contributed by atoms with E-state index in [1.54, 1.807) is 12.3 Å². The molecule has 0 spiro atoms. The molecule has 0 aliphatic carbocycles. The average molecular weight is 345 g/mol. The zero-order chi connectivity index (χ0) is 18.5. The van der Waals surface area contributed by atoms with Crippen molar-refractivity contribution in [3.63, 3.8) is 0 Å². The number of rotatable bonds is 5. The van der Waals surface area contributed by atoms with Crippen molar-refractivity contribution in [2.24, 2.45) is 0 Å². The van der Waals surface area contributed by atoms with E-state index < -0.39 is 0 Å². The molecule has 3 aromatic rings. The Hall–Kier alpha value is -3.14. The minimum absolute atomic E-state index is 0.197. The summed E-state index contributed by atoms with van der Waals surface area (Å²) in [4.78, 5) is 19.1. The number of amides is 1. The smallest absolute Gasteiger partial charge is 0.274 e. The Kier molecular flexibility index (Phi) is 5.32. The highest BCUT2D eigenvalue weighted by molar-refractivity contribution is 6.03. The van der Waals surface area contributed by atoms with Crippen LogP contribution in [0.3, 0.4) is 0 Å². The number of benzene rings is 2. The number of nitrogens with one attached hydrogen (secondary N) is 1. The van der Waals surface area contributed by atoms with Crippen LogP contribution in [0, 0.1) is 13.8 Å². The fourth-order valence-electron chi connectivity index (χ4n) is 2.99. The molecule has 1 heterocycles. The van der Waals surface area contributed by atoms with Crippen LogP contribution in [-0.4, -0.2) is 17.4 Å². The number of aryl methyl sites for hydroxylation is 2. The second-order valence-corrected chi connectivity index (χ2v) is 6.20. The van der Waals surface area contributed by atoms with Gasteiger partial charge >= 0.3 is 0 Å². The highest BCUT2D eigenvalue weighted by Crippen LogP contribution is 2.24. The third-order valence-electron chi connectivity index (χ3n) is 4.40. The number of nitrogens with zero attached hydrogens (tertiary/aromatic N) is 2. The van der Waals surface area contributed by atoms with Crippen LogP contribution in [0.15, 0.2) is 66.9 Å². The molecule has 0 aliphatic heterocycles. The molecule has 1 N–H and O–H groups in total. The van der Waals surface area contributed by atoms with Gasteiger partial charge in [-0.1, -0.05) is 36.4 Å². The summed E-state index contributed by atoms with van der Waals surface area (Å²) in [5.41, 5.74) is 5.39. The van der Waals surface area contributed by atoms with Crippen molar-refractivity contribution < 1.29 is 4.79 Å². The summed E-state index contributed by atoms with van der Waals surface area (Å²) in [5.74, 6) is -0.197. The topological polar surface area (TPSA) is 45.2 Å². The Bertz CT molecular complexity index is 869. The SMILES string of the molecule is CCN(c1ccccc1)c1ccc(C(=O)Nc2c(C)cccc2C)nc1. The van der Waals surface area contributed by atoms with Crippen LogP contribution >= 0.6 is 0 Å². The highest BCUT2D eigenvalue weighted by Gasteiger charge is 2.13. The molecule has 0 atom stereocenters. The average Bonchev–Trinajstić information content (AvgIpc) is 2.67. The fraction of sp³-hybridized carbons (Fsp3) is 0.182. The number of carbonyl (C=O) groups excluding carboxylic acids is 1. The lowest BCUT2D eigenvalue weighted by molar-refractivity contribution is 0.102. The molecule has 132 valence electrons. The lowest BCUT2D eigenvalue weighted by atomic mass is 10.1. The van der Waals surface area contributed by atoms with Crippen molar-refractivity contribution in [2.45, 2.75) is 20.8 Å². The molecule has 1 amide bonds. The van der Waals surface area contributed by atoms with Gasteiger partial charge in [-0.05, 0) is 56.2 Å². The second-order valence-electron chi connectivity index (χ2n) is 6.20.